The van der Waals surface area contributed by atoms with Crippen molar-refractivity contribution in [3.8, 4) is 0 Å². The Bertz CT molecular complexity index is 962. The van der Waals surface area contributed by atoms with Gasteiger partial charge in [0.05, 0.1) is 0 Å². The molecule has 2 aliphatic rings. The van der Waals surface area contributed by atoms with Crippen molar-refractivity contribution in [2.75, 3.05) is 13.1 Å². The molecule has 2 fully saturated rings. The molecule has 1 saturated carbocycles. The lowest BCUT2D eigenvalue weighted by Crippen LogP contribution is -2.27. The van der Waals surface area contributed by atoms with Crippen LogP contribution in [0.2, 0.25) is 5.02 Å². The van der Waals surface area contributed by atoms with Crippen LogP contribution >= 0.6 is 11.6 Å². The molecule has 1 aliphatic carbocycles. The van der Waals surface area contributed by atoms with Crippen molar-refractivity contribution in [1.29, 1.82) is 0 Å². The van der Waals surface area contributed by atoms with Crippen LogP contribution in [0.15, 0.2) is 30.5 Å². The molecule has 0 bridgehead atoms. The molecule has 31 heavy (non-hydrogen) atoms. The third kappa shape index (κ3) is 4.62. The van der Waals surface area contributed by atoms with Crippen molar-refractivity contribution in [3.05, 3.63) is 52.6 Å². The number of fused-ring (bicyclic) bond motifs is 1. The summed E-state index contributed by atoms with van der Waals surface area (Å²) in [6.45, 7) is 4.81. The van der Waals surface area contributed by atoms with Gasteiger partial charge in [0, 0.05) is 49.7 Å². The molecule has 1 aliphatic heterocycles. The molecule has 7 nitrogen and oxygen atoms in total. The smallest absolute Gasteiger partial charge is 0.356 e. The third-order valence-corrected chi connectivity index (χ3v) is 7.23. The minimum Gasteiger partial charge on any atom is -0.476 e. The van der Waals surface area contributed by atoms with E-state index in [9.17, 15) is 14.7 Å². The van der Waals surface area contributed by atoms with E-state index in [4.69, 9.17) is 17.3 Å². The van der Waals surface area contributed by atoms with Crippen molar-refractivity contribution in [2.24, 2.45) is 36.5 Å². The predicted octanol–water partition coefficient (Wildman–Crippen LogP) is 3.13. The number of aryl methyl sites for hydroxylation is 1. The van der Waals surface area contributed by atoms with Crippen LogP contribution in [-0.2, 0) is 18.4 Å². The summed E-state index contributed by atoms with van der Waals surface area (Å²) in [5.74, 6) is 1.03. The van der Waals surface area contributed by atoms with Crippen LogP contribution < -0.4 is 5.73 Å². The van der Waals surface area contributed by atoms with E-state index < -0.39 is 5.97 Å². The summed E-state index contributed by atoms with van der Waals surface area (Å²) < 4.78 is 1.84. The first-order valence-corrected chi connectivity index (χ1v) is 11.1. The zero-order chi connectivity index (χ0) is 22.3. The highest BCUT2D eigenvalue weighted by atomic mass is 35.5. The second kappa shape index (κ2) is 8.63. The Morgan fingerprint density at radius 3 is 2.42 bits per heavy atom. The average Bonchev–Trinajstić information content (AvgIpc) is 3.03. The zero-order valence-electron chi connectivity index (χ0n) is 17.9. The number of rotatable bonds is 9. The van der Waals surface area contributed by atoms with Crippen molar-refractivity contribution in [1.82, 2.24) is 14.5 Å². The number of piperidine rings is 1. The Morgan fingerprint density at radius 2 is 1.87 bits per heavy atom. The van der Waals surface area contributed by atoms with Gasteiger partial charge in [0.15, 0.2) is 5.69 Å². The Balaban J connectivity index is 1.45. The molecule has 2 aromatic rings. The van der Waals surface area contributed by atoms with Gasteiger partial charge >= 0.3 is 5.97 Å². The van der Waals surface area contributed by atoms with E-state index in [1.54, 1.807) is 6.20 Å². The van der Waals surface area contributed by atoms with Gasteiger partial charge < -0.3 is 15.4 Å². The molecule has 1 saturated heterocycles. The highest BCUT2D eigenvalue weighted by Gasteiger charge is 2.59. The number of likely N-dealkylation sites (tertiary alicyclic amines) is 1. The molecule has 1 aromatic carbocycles. The number of benzene rings is 1. The van der Waals surface area contributed by atoms with Crippen LogP contribution in [0, 0.1) is 23.7 Å². The lowest BCUT2D eigenvalue weighted by atomic mass is 9.89. The fraction of sp³-hybridized carbons (Fsp3) is 0.522. The summed E-state index contributed by atoms with van der Waals surface area (Å²) in [6.07, 6.45) is 3.04. The maximum absolute atomic E-state index is 11.5. The highest BCUT2D eigenvalue weighted by molar-refractivity contribution is 6.30. The van der Waals surface area contributed by atoms with Crippen LogP contribution in [0.25, 0.3) is 0 Å². The Labute approximate surface area is 187 Å². The van der Waals surface area contributed by atoms with E-state index in [1.165, 1.54) is 5.56 Å². The van der Waals surface area contributed by atoms with Gasteiger partial charge in [-0.25, -0.2) is 9.78 Å². The van der Waals surface area contributed by atoms with Gasteiger partial charge in [0.25, 0.3) is 0 Å². The zero-order valence-corrected chi connectivity index (χ0v) is 18.6. The number of nitrogens with zero attached hydrogens (tertiary/aromatic N) is 3. The van der Waals surface area contributed by atoms with Crippen molar-refractivity contribution in [3.63, 3.8) is 0 Å². The van der Waals surface area contributed by atoms with Crippen LogP contribution in [0.4, 0.5) is 0 Å². The number of carboxylic acid groups (broad SMARTS) is 1. The van der Waals surface area contributed by atoms with E-state index in [2.05, 4.69) is 22.0 Å². The molecule has 0 spiro atoms. The fourth-order valence-corrected chi connectivity index (χ4v) is 5.35. The first-order valence-electron chi connectivity index (χ1n) is 10.8. The van der Waals surface area contributed by atoms with Crippen molar-refractivity contribution < 1.29 is 14.7 Å². The number of aromatic carboxylic acids is 1. The number of primary amides is 1. The topological polar surface area (TPSA) is 101 Å². The number of nitrogens with two attached hydrogens (primary N) is 1. The van der Waals surface area contributed by atoms with E-state index in [1.807, 2.05) is 30.7 Å². The number of hydrogen-bond acceptors (Lipinski definition) is 4. The summed E-state index contributed by atoms with van der Waals surface area (Å²) in [5.41, 5.74) is 6.79. The van der Waals surface area contributed by atoms with Gasteiger partial charge in [-0.15, -0.1) is 0 Å². The van der Waals surface area contributed by atoms with E-state index in [0.29, 0.717) is 24.2 Å². The average molecular weight is 445 g/mol. The molecule has 3 N–H and O–H groups in total. The molecule has 2 heterocycles. The standard InChI is InChI=1S/C23H29ClN4O3/c1-13(21(25)29)3-8-16(22-26-19(23(30)31)12-27(22)2)20-17-10-28(11-18(17)20)9-14-4-6-15(24)7-5-14/h4-7,12-13,16-18,20H,3,8-11H2,1-2H3,(H2,25,29)(H,30,31). The molecular weight excluding hydrogens is 416 g/mol. The first kappa shape index (κ1) is 21.8. The molecule has 1 amide bonds. The normalized spacial score (nSPS) is 24.5. The third-order valence-electron chi connectivity index (χ3n) is 6.98. The summed E-state index contributed by atoms with van der Waals surface area (Å²) >= 11 is 5.99. The molecule has 0 radical (unpaired) electrons. The van der Waals surface area contributed by atoms with Crippen molar-refractivity contribution in [2.45, 2.75) is 32.2 Å². The number of carbonyl (C=O) groups excluding carboxylic acids is 1. The number of hydrogen-bond donors (Lipinski definition) is 2. The molecular formula is C23H29ClN4O3. The first-order chi connectivity index (χ1) is 14.7. The van der Waals surface area contributed by atoms with Gasteiger partial charge in [0.2, 0.25) is 5.91 Å². The Morgan fingerprint density at radius 1 is 1.23 bits per heavy atom. The van der Waals surface area contributed by atoms with E-state index in [-0.39, 0.29) is 23.4 Å². The van der Waals surface area contributed by atoms with Gasteiger partial charge in [-0.2, -0.15) is 0 Å². The molecule has 1 aromatic heterocycles. The van der Waals surface area contributed by atoms with Crippen LogP contribution in [0.5, 0.6) is 0 Å². The maximum Gasteiger partial charge on any atom is 0.356 e. The Kier molecular flexibility index (Phi) is 6.08. The molecule has 8 heteroatoms. The number of halogens is 1. The summed E-state index contributed by atoms with van der Waals surface area (Å²) in [5, 5.41) is 10.1. The SMILES string of the molecule is CC(CCC(c1nc(C(=O)O)cn1C)C1C2CN(Cc3ccc(Cl)cc3)CC21)C(N)=O. The van der Waals surface area contributed by atoms with Gasteiger partial charge in [0.1, 0.15) is 5.82 Å². The lowest BCUT2D eigenvalue weighted by molar-refractivity contribution is -0.121. The number of carboxylic acids is 1. The number of aromatic nitrogens is 2. The molecule has 4 unspecified atom stereocenters. The van der Waals surface area contributed by atoms with E-state index >= 15 is 0 Å². The number of amides is 1. The number of carbonyl (C=O) groups is 2. The molecule has 166 valence electrons. The summed E-state index contributed by atoms with van der Waals surface area (Å²) in [6, 6.07) is 7.99. The minimum atomic E-state index is -1.02. The minimum absolute atomic E-state index is 0.0700. The van der Waals surface area contributed by atoms with Gasteiger partial charge in [-0.3, -0.25) is 9.69 Å². The highest BCUT2D eigenvalue weighted by Crippen LogP contribution is 2.59. The quantitative estimate of drug-likeness (QED) is 0.618. The van der Waals surface area contributed by atoms with Crippen LogP contribution in [0.1, 0.15) is 47.6 Å². The van der Waals surface area contributed by atoms with Crippen LogP contribution in [0.3, 0.4) is 0 Å². The second-order valence-corrected chi connectivity index (χ2v) is 9.55. The van der Waals surface area contributed by atoms with E-state index in [0.717, 1.165) is 36.9 Å². The fourth-order valence-electron chi connectivity index (χ4n) is 5.23. The second-order valence-electron chi connectivity index (χ2n) is 9.11. The van der Waals surface area contributed by atoms with Crippen LogP contribution in [-0.4, -0.2) is 44.5 Å². The summed E-state index contributed by atoms with van der Waals surface area (Å²) in [7, 11) is 1.85. The molecule has 4 rings (SSSR count). The molecule has 4 atom stereocenters. The monoisotopic (exact) mass is 444 g/mol. The van der Waals surface area contributed by atoms with Gasteiger partial charge in [-0.05, 0) is 48.3 Å². The summed E-state index contributed by atoms with van der Waals surface area (Å²) in [4.78, 5) is 29.9. The lowest BCUT2D eigenvalue weighted by Gasteiger charge is -2.24. The predicted molar refractivity (Wildman–Crippen MR) is 118 cm³/mol. The number of imidazole rings is 1. The van der Waals surface area contributed by atoms with Gasteiger partial charge in [-0.1, -0.05) is 30.7 Å². The Hall–Kier alpha value is -2.38. The van der Waals surface area contributed by atoms with Crippen molar-refractivity contribution >= 4 is 23.5 Å². The maximum atomic E-state index is 11.5. The largest absolute Gasteiger partial charge is 0.476 e.